The van der Waals surface area contributed by atoms with Gasteiger partial charge in [0, 0.05) is 18.8 Å². The Kier molecular flexibility index (Phi) is 4.59. The van der Waals surface area contributed by atoms with Crippen molar-refractivity contribution in [2.45, 2.75) is 44.6 Å². The van der Waals surface area contributed by atoms with Crippen molar-refractivity contribution >= 4 is 5.69 Å². The van der Waals surface area contributed by atoms with Crippen molar-refractivity contribution in [1.29, 1.82) is 0 Å². The molecule has 1 saturated carbocycles. The highest BCUT2D eigenvalue weighted by molar-refractivity contribution is 5.49. The molecular weight excluding hydrogens is 227 g/mol. The lowest BCUT2D eigenvalue weighted by molar-refractivity contribution is 0.427. The molecule has 0 radical (unpaired) electrons. The standard InChI is InChI=1S/C15H23FN2/c1-18(14-5-3-2-4-6-14)15-10-12(7-8-17)9-13(16)11-15/h9-11,14H,2-8,17H2,1H3. The summed E-state index contributed by atoms with van der Waals surface area (Å²) in [5.41, 5.74) is 7.53. The van der Waals surface area contributed by atoms with Crippen molar-refractivity contribution in [1.82, 2.24) is 0 Å². The number of anilines is 1. The van der Waals surface area contributed by atoms with Crippen LogP contribution in [0.25, 0.3) is 0 Å². The molecule has 0 amide bonds. The first-order valence-electron chi connectivity index (χ1n) is 6.93. The quantitative estimate of drug-likeness (QED) is 0.889. The fraction of sp³-hybridized carbons (Fsp3) is 0.600. The SMILES string of the molecule is CN(c1cc(F)cc(CCN)c1)C1CCCCC1. The minimum Gasteiger partial charge on any atom is -0.372 e. The van der Waals surface area contributed by atoms with Crippen molar-refractivity contribution in [2.75, 3.05) is 18.5 Å². The first-order chi connectivity index (χ1) is 8.70. The average Bonchev–Trinajstić information content (AvgIpc) is 2.38. The van der Waals surface area contributed by atoms with E-state index in [4.69, 9.17) is 5.73 Å². The summed E-state index contributed by atoms with van der Waals surface area (Å²) >= 11 is 0. The van der Waals surface area contributed by atoms with E-state index in [1.165, 1.54) is 32.1 Å². The minimum atomic E-state index is -0.154. The minimum absolute atomic E-state index is 0.154. The van der Waals surface area contributed by atoms with Crippen LogP contribution in [0.1, 0.15) is 37.7 Å². The molecule has 0 unspecified atom stereocenters. The van der Waals surface area contributed by atoms with E-state index in [0.717, 1.165) is 17.7 Å². The highest BCUT2D eigenvalue weighted by Crippen LogP contribution is 2.27. The van der Waals surface area contributed by atoms with Gasteiger partial charge in [-0.25, -0.2) is 4.39 Å². The number of halogens is 1. The number of rotatable bonds is 4. The Morgan fingerprint density at radius 1 is 1.22 bits per heavy atom. The second-order valence-corrected chi connectivity index (χ2v) is 5.26. The fourth-order valence-electron chi connectivity index (χ4n) is 2.83. The van der Waals surface area contributed by atoms with Crippen LogP contribution in [-0.2, 0) is 6.42 Å². The van der Waals surface area contributed by atoms with E-state index >= 15 is 0 Å². The topological polar surface area (TPSA) is 29.3 Å². The van der Waals surface area contributed by atoms with Gasteiger partial charge in [0.15, 0.2) is 0 Å². The van der Waals surface area contributed by atoms with Crippen LogP contribution in [0, 0.1) is 5.82 Å². The van der Waals surface area contributed by atoms with Crippen LogP contribution in [0.5, 0.6) is 0 Å². The number of nitrogens with two attached hydrogens (primary N) is 1. The van der Waals surface area contributed by atoms with Gasteiger partial charge in [0.1, 0.15) is 5.82 Å². The molecule has 0 aliphatic heterocycles. The molecule has 1 fully saturated rings. The van der Waals surface area contributed by atoms with Crippen LogP contribution < -0.4 is 10.6 Å². The van der Waals surface area contributed by atoms with Crippen molar-refractivity contribution in [3.05, 3.63) is 29.6 Å². The Hall–Kier alpha value is -1.09. The molecule has 1 aliphatic carbocycles. The molecule has 100 valence electrons. The molecule has 2 nitrogen and oxygen atoms in total. The lowest BCUT2D eigenvalue weighted by Gasteiger charge is -2.33. The molecule has 2 N–H and O–H groups in total. The van der Waals surface area contributed by atoms with Gasteiger partial charge in [-0.05, 0) is 49.6 Å². The summed E-state index contributed by atoms with van der Waals surface area (Å²) in [4.78, 5) is 2.24. The highest BCUT2D eigenvalue weighted by Gasteiger charge is 2.18. The Balaban J connectivity index is 2.15. The second-order valence-electron chi connectivity index (χ2n) is 5.26. The Bertz CT molecular complexity index is 386. The van der Waals surface area contributed by atoms with Crippen molar-refractivity contribution in [3.8, 4) is 0 Å². The van der Waals surface area contributed by atoms with Gasteiger partial charge in [-0.1, -0.05) is 19.3 Å². The first-order valence-corrected chi connectivity index (χ1v) is 6.93. The number of benzene rings is 1. The van der Waals surface area contributed by atoms with Crippen LogP contribution in [0.15, 0.2) is 18.2 Å². The molecule has 1 aromatic rings. The maximum absolute atomic E-state index is 13.6. The zero-order valence-electron chi connectivity index (χ0n) is 11.2. The van der Waals surface area contributed by atoms with Gasteiger partial charge in [0.05, 0.1) is 0 Å². The summed E-state index contributed by atoms with van der Waals surface area (Å²) in [7, 11) is 2.08. The van der Waals surface area contributed by atoms with Crippen molar-refractivity contribution in [2.24, 2.45) is 5.73 Å². The average molecular weight is 250 g/mol. The molecule has 18 heavy (non-hydrogen) atoms. The van der Waals surface area contributed by atoms with Crippen LogP contribution in [-0.4, -0.2) is 19.6 Å². The van der Waals surface area contributed by atoms with Gasteiger partial charge in [-0.3, -0.25) is 0 Å². The van der Waals surface area contributed by atoms with Gasteiger partial charge < -0.3 is 10.6 Å². The van der Waals surface area contributed by atoms with E-state index in [9.17, 15) is 4.39 Å². The largest absolute Gasteiger partial charge is 0.372 e. The predicted molar refractivity (Wildman–Crippen MR) is 74.4 cm³/mol. The number of hydrogen-bond acceptors (Lipinski definition) is 2. The van der Waals surface area contributed by atoms with Gasteiger partial charge >= 0.3 is 0 Å². The van der Waals surface area contributed by atoms with Gasteiger partial charge in [-0.15, -0.1) is 0 Å². The fourth-order valence-corrected chi connectivity index (χ4v) is 2.83. The highest BCUT2D eigenvalue weighted by atomic mass is 19.1. The molecular formula is C15H23FN2. The van der Waals surface area contributed by atoms with E-state index in [1.807, 2.05) is 0 Å². The maximum atomic E-state index is 13.6. The summed E-state index contributed by atoms with van der Waals surface area (Å²) in [6.45, 7) is 0.566. The number of hydrogen-bond donors (Lipinski definition) is 1. The van der Waals surface area contributed by atoms with Crippen LogP contribution >= 0.6 is 0 Å². The predicted octanol–water partition coefficient (Wildman–Crippen LogP) is 3.10. The summed E-state index contributed by atoms with van der Waals surface area (Å²) in [5.74, 6) is -0.154. The zero-order chi connectivity index (χ0) is 13.0. The summed E-state index contributed by atoms with van der Waals surface area (Å²) in [6, 6.07) is 5.86. The molecule has 3 heteroatoms. The molecule has 0 atom stereocenters. The van der Waals surface area contributed by atoms with E-state index in [0.29, 0.717) is 12.6 Å². The molecule has 0 saturated heterocycles. The van der Waals surface area contributed by atoms with E-state index in [2.05, 4.69) is 18.0 Å². The van der Waals surface area contributed by atoms with E-state index in [1.54, 1.807) is 12.1 Å². The zero-order valence-corrected chi connectivity index (χ0v) is 11.2. The summed E-state index contributed by atoms with van der Waals surface area (Å²) < 4.78 is 13.6. The van der Waals surface area contributed by atoms with Crippen LogP contribution in [0.2, 0.25) is 0 Å². The van der Waals surface area contributed by atoms with Crippen molar-refractivity contribution in [3.63, 3.8) is 0 Å². The Morgan fingerprint density at radius 3 is 2.61 bits per heavy atom. The third-order valence-corrected chi connectivity index (χ3v) is 3.91. The molecule has 1 aliphatic rings. The molecule has 0 bridgehead atoms. The smallest absolute Gasteiger partial charge is 0.125 e. The van der Waals surface area contributed by atoms with E-state index < -0.39 is 0 Å². The third kappa shape index (κ3) is 3.22. The Morgan fingerprint density at radius 2 is 1.94 bits per heavy atom. The van der Waals surface area contributed by atoms with E-state index in [-0.39, 0.29) is 5.82 Å². The molecule has 2 rings (SSSR count). The van der Waals surface area contributed by atoms with Crippen LogP contribution in [0.4, 0.5) is 10.1 Å². The third-order valence-electron chi connectivity index (χ3n) is 3.91. The second kappa shape index (κ2) is 6.19. The lowest BCUT2D eigenvalue weighted by Crippen LogP contribution is -2.33. The summed E-state index contributed by atoms with van der Waals surface area (Å²) in [5, 5.41) is 0. The van der Waals surface area contributed by atoms with Gasteiger partial charge in [-0.2, -0.15) is 0 Å². The Labute approximate surface area is 109 Å². The normalized spacial score (nSPS) is 16.8. The first kappa shape index (κ1) is 13.3. The van der Waals surface area contributed by atoms with Crippen LogP contribution in [0.3, 0.4) is 0 Å². The summed E-state index contributed by atoms with van der Waals surface area (Å²) in [6.07, 6.45) is 7.10. The lowest BCUT2D eigenvalue weighted by atomic mass is 9.94. The monoisotopic (exact) mass is 250 g/mol. The number of nitrogens with zero attached hydrogens (tertiary/aromatic N) is 1. The van der Waals surface area contributed by atoms with Gasteiger partial charge in [0.2, 0.25) is 0 Å². The molecule has 0 heterocycles. The maximum Gasteiger partial charge on any atom is 0.125 e. The molecule has 1 aromatic carbocycles. The van der Waals surface area contributed by atoms with Crippen molar-refractivity contribution < 1.29 is 4.39 Å². The molecule has 0 spiro atoms. The van der Waals surface area contributed by atoms with Gasteiger partial charge in [0.25, 0.3) is 0 Å². The molecule has 0 aromatic heterocycles.